The van der Waals surface area contributed by atoms with Crippen LogP contribution in [0.3, 0.4) is 0 Å². The van der Waals surface area contributed by atoms with Crippen LogP contribution >= 0.6 is 11.6 Å². The molecule has 1 aliphatic rings. The summed E-state index contributed by atoms with van der Waals surface area (Å²) in [6, 6.07) is 10.3. The quantitative estimate of drug-likeness (QED) is 0.592. The molecule has 2 atom stereocenters. The first-order valence-corrected chi connectivity index (χ1v) is 6.16. The molecule has 2 rings (SSSR count). The normalized spacial score (nSPS) is 25.8. The lowest BCUT2D eigenvalue weighted by Crippen LogP contribution is -2.30. The van der Waals surface area contributed by atoms with Gasteiger partial charge in [-0.05, 0) is 17.9 Å². The van der Waals surface area contributed by atoms with Crippen molar-refractivity contribution in [2.75, 3.05) is 12.4 Å². The minimum atomic E-state index is 0.0453. The second-order valence-corrected chi connectivity index (χ2v) is 4.68. The smallest absolute Gasteiger partial charge is 0.137 e. The molecule has 0 bridgehead atoms. The van der Waals surface area contributed by atoms with Crippen molar-refractivity contribution in [1.29, 1.82) is 0 Å². The van der Waals surface area contributed by atoms with E-state index >= 15 is 0 Å². The van der Waals surface area contributed by atoms with Gasteiger partial charge in [0.1, 0.15) is 6.29 Å². The summed E-state index contributed by atoms with van der Waals surface area (Å²) >= 11 is 5.86. The van der Waals surface area contributed by atoms with Crippen LogP contribution < -0.4 is 0 Å². The summed E-state index contributed by atoms with van der Waals surface area (Å²) in [6.45, 7) is 1.78. The molecule has 1 aliphatic heterocycles. The van der Waals surface area contributed by atoms with E-state index in [2.05, 4.69) is 17.0 Å². The molecule has 0 amide bonds. The predicted octanol–water partition coefficient (Wildman–Crippen LogP) is 2.31. The molecule has 2 nitrogen and oxygen atoms in total. The number of nitrogens with zero attached hydrogens (tertiary/aromatic N) is 1. The second-order valence-electron chi connectivity index (χ2n) is 4.37. The van der Waals surface area contributed by atoms with Crippen LogP contribution in [-0.2, 0) is 11.3 Å². The Hall–Kier alpha value is -0.860. The fraction of sp³-hybridized carbons (Fsp3) is 0.462. The predicted molar refractivity (Wildman–Crippen MR) is 65.5 cm³/mol. The van der Waals surface area contributed by atoms with Crippen LogP contribution in [0.15, 0.2) is 30.3 Å². The Morgan fingerprint density at radius 2 is 2.12 bits per heavy atom. The van der Waals surface area contributed by atoms with Gasteiger partial charge in [-0.2, -0.15) is 0 Å². The van der Waals surface area contributed by atoms with E-state index in [0.29, 0.717) is 11.8 Å². The summed E-state index contributed by atoms with van der Waals surface area (Å²) in [6.07, 6.45) is 1.95. The molecule has 0 aromatic heterocycles. The molecule has 2 unspecified atom stereocenters. The van der Waals surface area contributed by atoms with Gasteiger partial charge >= 0.3 is 0 Å². The maximum atomic E-state index is 11.0. The highest BCUT2D eigenvalue weighted by Crippen LogP contribution is 2.24. The van der Waals surface area contributed by atoms with Gasteiger partial charge in [-0.1, -0.05) is 30.3 Å². The molecule has 0 spiro atoms. The number of hydrogen-bond donors (Lipinski definition) is 0. The van der Waals surface area contributed by atoms with Crippen molar-refractivity contribution >= 4 is 17.9 Å². The molecular weight excluding hydrogens is 222 g/mol. The van der Waals surface area contributed by atoms with Gasteiger partial charge in [0, 0.05) is 19.0 Å². The zero-order valence-corrected chi connectivity index (χ0v) is 9.94. The topological polar surface area (TPSA) is 20.3 Å². The molecular formula is C13H16ClNO. The maximum absolute atomic E-state index is 11.0. The minimum absolute atomic E-state index is 0.0453. The highest BCUT2D eigenvalue weighted by molar-refractivity contribution is 6.18. The van der Waals surface area contributed by atoms with Gasteiger partial charge in [0.2, 0.25) is 0 Å². The van der Waals surface area contributed by atoms with Gasteiger partial charge in [0.15, 0.2) is 0 Å². The Kier molecular flexibility index (Phi) is 3.97. The summed E-state index contributed by atoms with van der Waals surface area (Å²) in [5.41, 5.74) is 1.25. The monoisotopic (exact) mass is 237 g/mol. The molecule has 1 fully saturated rings. The highest BCUT2D eigenvalue weighted by Gasteiger charge is 2.30. The Morgan fingerprint density at radius 3 is 2.75 bits per heavy atom. The largest absolute Gasteiger partial charge is 0.302 e. The summed E-state index contributed by atoms with van der Waals surface area (Å²) in [7, 11) is 0. The molecule has 1 aromatic carbocycles. The van der Waals surface area contributed by atoms with Crippen LogP contribution in [0.2, 0.25) is 0 Å². The van der Waals surface area contributed by atoms with Gasteiger partial charge in [0.25, 0.3) is 0 Å². The van der Waals surface area contributed by atoms with E-state index in [1.807, 2.05) is 18.2 Å². The van der Waals surface area contributed by atoms with Crippen LogP contribution in [-0.4, -0.2) is 29.7 Å². The van der Waals surface area contributed by atoms with Gasteiger partial charge < -0.3 is 4.79 Å². The maximum Gasteiger partial charge on any atom is 0.137 e. The number of hydrogen-bond acceptors (Lipinski definition) is 2. The molecule has 0 N–H and O–H groups in total. The molecule has 1 aromatic rings. The zero-order chi connectivity index (χ0) is 11.4. The molecule has 0 saturated carbocycles. The van der Waals surface area contributed by atoms with E-state index in [1.165, 1.54) is 5.56 Å². The fourth-order valence-corrected chi connectivity index (χ4v) is 2.51. The first-order valence-electron chi connectivity index (χ1n) is 5.62. The number of rotatable bonds is 4. The zero-order valence-electron chi connectivity index (χ0n) is 9.18. The third kappa shape index (κ3) is 2.63. The van der Waals surface area contributed by atoms with Crippen LogP contribution in [0.1, 0.15) is 12.0 Å². The first-order chi connectivity index (χ1) is 7.83. The van der Waals surface area contributed by atoms with Crippen molar-refractivity contribution in [2.45, 2.75) is 19.0 Å². The van der Waals surface area contributed by atoms with E-state index in [0.717, 1.165) is 25.8 Å². The molecule has 1 saturated heterocycles. The SMILES string of the molecule is O=CC1CC(CCl)CN1Cc1ccccc1. The Bertz CT molecular complexity index is 341. The summed E-state index contributed by atoms with van der Waals surface area (Å²) in [5, 5.41) is 0. The number of aldehydes is 1. The molecule has 0 aliphatic carbocycles. The number of carbonyl (C=O) groups excluding carboxylic acids is 1. The third-order valence-corrected chi connectivity index (χ3v) is 3.58. The van der Waals surface area contributed by atoms with Crippen molar-refractivity contribution in [3.8, 4) is 0 Å². The molecule has 0 radical (unpaired) electrons. The van der Waals surface area contributed by atoms with E-state index in [4.69, 9.17) is 11.6 Å². The molecule has 1 heterocycles. The Morgan fingerprint density at radius 1 is 1.38 bits per heavy atom. The number of benzene rings is 1. The van der Waals surface area contributed by atoms with E-state index < -0.39 is 0 Å². The van der Waals surface area contributed by atoms with Crippen LogP contribution in [0, 0.1) is 5.92 Å². The van der Waals surface area contributed by atoms with E-state index in [1.54, 1.807) is 0 Å². The highest BCUT2D eigenvalue weighted by atomic mass is 35.5. The van der Waals surface area contributed by atoms with Crippen molar-refractivity contribution in [1.82, 2.24) is 4.90 Å². The van der Waals surface area contributed by atoms with Gasteiger partial charge in [0.05, 0.1) is 6.04 Å². The Labute approximate surface area is 101 Å². The van der Waals surface area contributed by atoms with Crippen molar-refractivity contribution in [2.24, 2.45) is 5.92 Å². The van der Waals surface area contributed by atoms with Gasteiger partial charge in [-0.3, -0.25) is 4.90 Å². The average molecular weight is 238 g/mol. The van der Waals surface area contributed by atoms with Crippen LogP contribution in [0.5, 0.6) is 0 Å². The number of halogens is 1. The molecule has 86 valence electrons. The standard InChI is InChI=1S/C13H16ClNO/c14-7-12-6-13(10-16)15(9-12)8-11-4-2-1-3-5-11/h1-5,10,12-13H,6-9H2. The second kappa shape index (κ2) is 5.46. The molecule has 3 heteroatoms. The fourth-order valence-electron chi connectivity index (χ4n) is 2.29. The lowest BCUT2D eigenvalue weighted by Gasteiger charge is -2.19. The van der Waals surface area contributed by atoms with E-state index in [9.17, 15) is 4.79 Å². The van der Waals surface area contributed by atoms with Crippen molar-refractivity contribution in [3.63, 3.8) is 0 Å². The van der Waals surface area contributed by atoms with Gasteiger partial charge in [-0.25, -0.2) is 0 Å². The number of likely N-dealkylation sites (tertiary alicyclic amines) is 1. The van der Waals surface area contributed by atoms with Crippen molar-refractivity contribution < 1.29 is 4.79 Å². The van der Waals surface area contributed by atoms with Gasteiger partial charge in [-0.15, -0.1) is 11.6 Å². The van der Waals surface area contributed by atoms with E-state index in [-0.39, 0.29) is 6.04 Å². The lowest BCUT2D eigenvalue weighted by atomic mass is 10.1. The summed E-state index contributed by atoms with van der Waals surface area (Å²) in [4.78, 5) is 13.2. The van der Waals surface area contributed by atoms with Crippen molar-refractivity contribution in [3.05, 3.63) is 35.9 Å². The minimum Gasteiger partial charge on any atom is -0.302 e. The third-order valence-electron chi connectivity index (χ3n) is 3.14. The summed E-state index contributed by atoms with van der Waals surface area (Å²) in [5.74, 6) is 1.11. The van der Waals surface area contributed by atoms with Crippen LogP contribution in [0.25, 0.3) is 0 Å². The van der Waals surface area contributed by atoms with Crippen LogP contribution in [0.4, 0.5) is 0 Å². The lowest BCUT2D eigenvalue weighted by molar-refractivity contribution is -0.111. The number of carbonyl (C=O) groups is 1. The molecule has 16 heavy (non-hydrogen) atoms. The summed E-state index contributed by atoms with van der Waals surface area (Å²) < 4.78 is 0. The number of alkyl halides is 1. The first kappa shape index (κ1) is 11.6. The Balaban J connectivity index is 2.01. The average Bonchev–Trinajstić information content (AvgIpc) is 2.73.